The van der Waals surface area contributed by atoms with Crippen molar-refractivity contribution in [2.24, 2.45) is 0 Å². The topological polar surface area (TPSA) is 67.9 Å². The maximum Gasteiger partial charge on any atom is 0.254 e. The van der Waals surface area contributed by atoms with Crippen LogP contribution in [0, 0.1) is 5.82 Å². The fraction of sp³-hybridized carbons (Fsp3) is 0.364. The Labute approximate surface area is 167 Å². The van der Waals surface area contributed by atoms with E-state index >= 15 is 0 Å². The Bertz CT molecular complexity index is 977. The summed E-state index contributed by atoms with van der Waals surface area (Å²) in [5, 5.41) is 3.14. The number of benzene rings is 2. The summed E-state index contributed by atoms with van der Waals surface area (Å²) < 4.78 is 24.3. The number of fused-ring (bicyclic) bond motifs is 1. The number of ether oxygens (including phenoxy) is 2. The van der Waals surface area contributed by atoms with E-state index in [2.05, 4.69) is 5.32 Å². The Morgan fingerprint density at radius 2 is 1.90 bits per heavy atom. The van der Waals surface area contributed by atoms with Crippen molar-refractivity contribution in [3.8, 4) is 11.5 Å². The van der Waals surface area contributed by atoms with Crippen LogP contribution in [0.1, 0.15) is 47.6 Å². The monoisotopic (exact) mass is 396 g/mol. The van der Waals surface area contributed by atoms with E-state index in [1.165, 1.54) is 12.1 Å². The average molecular weight is 396 g/mol. The Morgan fingerprint density at radius 3 is 2.66 bits per heavy atom. The minimum Gasteiger partial charge on any atom is -0.454 e. The molecule has 0 aliphatic carbocycles. The molecule has 3 heterocycles. The standard InChI is InChI=1S/C22H21FN2O4/c23-16-5-2-14(3-6-16)20-22(10-8-19(26)24-22)9-1-11-25(20)21(27)15-4-7-17-18(12-15)29-13-28-17/h2-7,12,20H,1,8-11,13H2,(H,24,26)/t20-,22+/m1/s1. The highest BCUT2D eigenvalue weighted by atomic mass is 19.1. The number of likely N-dealkylation sites (tertiary alicyclic amines) is 1. The van der Waals surface area contributed by atoms with Crippen LogP contribution in [-0.4, -0.2) is 35.6 Å². The van der Waals surface area contributed by atoms with E-state index in [0.29, 0.717) is 36.4 Å². The molecule has 2 fully saturated rings. The Balaban J connectivity index is 1.55. The second-order valence-corrected chi connectivity index (χ2v) is 7.83. The summed E-state index contributed by atoms with van der Waals surface area (Å²) in [6.45, 7) is 0.705. The first-order chi connectivity index (χ1) is 14.1. The van der Waals surface area contributed by atoms with E-state index in [1.54, 1.807) is 35.2 Å². The second-order valence-electron chi connectivity index (χ2n) is 7.83. The van der Waals surface area contributed by atoms with Gasteiger partial charge in [-0.1, -0.05) is 12.1 Å². The van der Waals surface area contributed by atoms with Crippen molar-refractivity contribution >= 4 is 11.8 Å². The Kier molecular flexibility index (Phi) is 4.19. The molecule has 7 heteroatoms. The zero-order valence-corrected chi connectivity index (χ0v) is 15.8. The van der Waals surface area contributed by atoms with Gasteiger partial charge >= 0.3 is 0 Å². The van der Waals surface area contributed by atoms with E-state index in [-0.39, 0.29) is 30.5 Å². The van der Waals surface area contributed by atoms with Crippen LogP contribution in [0.4, 0.5) is 4.39 Å². The summed E-state index contributed by atoms with van der Waals surface area (Å²) in [7, 11) is 0. The highest BCUT2D eigenvalue weighted by molar-refractivity contribution is 5.95. The summed E-state index contributed by atoms with van der Waals surface area (Å²) >= 11 is 0. The number of amides is 2. The fourth-order valence-corrected chi connectivity index (χ4v) is 4.82. The number of hydrogen-bond acceptors (Lipinski definition) is 4. The van der Waals surface area contributed by atoms with Gasteiger partial charge in [-0.15, -0.1) is 0 Å². The van der Waals surface area contributed by atoms with Crippen LogP contribution in [0.5, 0.6) is 11.5 Å². The second kappa shape index (κ2) is 6.76. The molecule has 0 radical (unpaired) electrons. The summed E-state index contributed by atoms with van der Waals surface area (Å²) in [5.74, 6) is 0.694. The summed E-state index contributed by atoms with van der Waals surface area (Å²) in [4.78, 5) is 27.4. The normalized spacial score (nSPS) is 25.3. The maximum atomic E-state index is 13.6. The van der Waals surface area contributed by atoms with Crippen molar-refractivity contribution in [1.82, 2.24) is 10.2 Å². The molecular weight excluding hydrogens is 375 g/mol. The zero-order valence-electron chi connectivity index (χ0n) is 15.8. The molecule has 2 amide bonds. The third-order valence-corrected chi connectivity index (χ3v) is 6.11. The molecular formula is C22H21FN2O4. The van der Waals surface area contributed by atoms with Crippen LogP contribution in [0.15, 0.2) is 42.5 Å². The predicted molar refractivity (Wildman–Crippen MR) is 102 cm³/mol. The fourth-order valence-electron chi connectivity index (χ4n) is 4.82. The number of halogens is 1. The van der Waals surface area contributed by atoms with Gasteiger partial charge in [0.05, 0.1) is 11.6 Å². The van der Waals surface area contributed by atoms with Crippen LogP contribution in [0.25, 0.3) is 0 Å². The van der Waals surface area contributed by atoms with Crippen LogP contribution in [-0.2, 0) is 4.79 Å². The summed E-state index contributed by atoms with van der Waals surface area (Å²) in [6, 6.07) is 11.0. The van der Waals surface area contributed by atoms with Gasteiger partial charge in [0.2, 0.25) is 12.7 Å². The molecule has 6 nitrogen and oxygen atoms in total. The van der Waals surface area contributed by atoms with Crippen LogP contribution in [0.2, 0.25) is 0 Å². The minimum atomic E-state index is -0.529. The highest BCUT2D eigenvalue weighted by Gasteiger charge is 2.50. The SMILES string of the molecule is O=C1CC[C@]2(CCCN(C(=O)c3ccc4c(c3)OCO4)[C@@H]2c2ccc(F)cc2)N1. The Morgan fingerprint density at radius 1 is 1.10 bits per heavy atom. The van der Waals surface area contributed by atoms with Gasteiger partial charge in [0.15, 0.2) is 11.5 Å². The average Bonchev–Trinajstić information content (AvgIpc) is 3.34. The molecule has 2 atom stereocenters. The van der Waals surface area contributed by atoms with Crippen molar-refractivity contribution in [2.45, 2.75) is 37.3 Å². The number of carbonyl (C=O) groups excluding carboxylic acids is 2. The molecule has 150 valence electrons. The van der Waals surface area contributed by atoms with Gasteiger partial charge in [0.1, 0.15) is 5.82 Å². The lowest BCUT2D eigenvalue weighted by Gasteiger charge is -2.48. The smallest absolute Gasteiger partial charge is 0.254 e. The zero-order chi connectivity index (χ0) is 20.0. The molecule has 1 spiro atoms. The van der Waals surface area contributed by atoms with Gasteiger partial charge in [-0.3, -0.25) is 9.59 Å². The van der Waals surface area contributed by atoms with E-state index in [0.717, 1.165) is 18.4 Å². The molecule has 3 aliphatic heterocycles. The van der Waals surface area contributed by atoms with E-state index in [4.69, 9.17) is 9.47 Å². The number of piperidine rings is 1. The predicted octanol–water partition coefficient (Wildman–Crippen LogP) is 3.18. The number of nitrogens with one attached hydrogen (secondary N) is 1. The van der Waals surface area contributed by atoms with Gasteiger partial charge in [-0.2, -0.15) is 0 Å². The number of hydrogen-bond donors (Lipinski definition) is 1. The summed E-state index contributed by atoms with van der Waals surface area (Å²) in [6.07, 6.45) is 2.66. The number of rotatable bonds is 2. The van der Waals surface area contributed by atoms with Crippen molar-refractivity contribution in [3.05, 3.63) is 59.4 Å². The van der Waals surface area contributed by atoms with Crippen LogP contribution in [0.3, 0.4) is 0 Å². The van der Waals surface area contributed by atoms with Crippen LogP contribution < -0.4 is 14.8 Å². The van der Waals surface area contributed by atoms with Crippen molar-refractivity contribution in [3.63, 3.8) is 0 Å². The first-order valence-corrected chi connectivity index (χ1v) is 9.83. The van der Waals surface area contributed by atoms with Gasteiger partial charge in [0, 0.05) is 18.5 Å². The van der Waals surface area contributed by atoms with E-state index in [9.17, 15) is 14.0 Å². The lowest BCUT2D eigenvalue weighted by Crippen LogP contribution is -2.58. The van der Waals surface area contributed by atoms with Crippen molar-refractivity contribution in [2.75, 3.05) is 13.3 Å². The highest BCUT2D eigenvalue weighted by Crippen LogP contribution is 2.45. The lowest BCUT2D eigenvalue weighted by molar-refractivity contribution is -0.120. The third kappa shape index (κ3) is 3.01. The third-order valence-electron chi connectivity index (χ3n) is 6.11. The maximum absolute atomic E-state index is 13.6. The van der Waals surface area contributed by atoms with Gasteiger partial charge in [0.25, 0.3) is 5.91 Å². The largest absolute Gasteiger partial charge is 0.454 e. The lowest BCUT2D eigenvalue weighted by atomic mass is 9.76. The molecule has 1 N–H and O–H groups in total. The van der Waals surface area contributed by atoms with Gasteiger partial charge < -0.3 is 19.7 Å². The molecule has 2 aromatic carbocycles. The molecule has 0 unspecified atom stereocenters. The number of nitrogens with zero attached hydrogens (tertiary/aromatic N) is 1. The first kappa shape index (κ1) is 18.0. The Hall–Kier alpha value is -3.09. The molecule has 2 aromatic rings. The van der Waals surface area contributed by atoms with Gasteiger partial charge in [-0.05, 0) is 55.2 Å². The molecule has 2 saturated heterocycles. The summed E-state index contributed by atoms with van der Waals surface area (Å²) in [5.41, 5.74) is 0.796. The van der Waals surface area contributed by atoms with Crippen molar-refractivity contribution < 1.29 is 23.5 Å². The quantitative estimate of drug-likeness (QED) is 0.847. The molecule has 0 aromatic heterocycles. The molecule has 0 bridgehead atoms. The molecule has 3 aliphatic rings. The molecule has 29 heavy (non-hydrogen) atoms. The molecule has 5 rings (SSSR count). The minimum absolute atomic E-state index is 0.00510. The van der Waals surface area contributed by atoms with E-state index < -0.39 is 5.54 Å². The molecule has 0 saturated carbocycles. The van der Waals surface area contributed by atoms with Gasteiger partial charge in [-0.25, -0.2) is 4.39 Å². The van der Waals surface area contributed by atoms with E-state index in [1.807, 2.05) is 0 Å². The number of carbonyl (C=O) groups is 2. The van der Waals surface area contributed by atoms with Crippen LogP contribution >= 0.6 is 0 Å². The first-order valence-electron chi connectivity index (χ1n) is 9.83. The van der Waals surface area contributed by atoms with Crippen molar-refractivity contribution in [1.29, 1.82) is 0 Å².